The number of nitrogens with one attached hydrogen (secondary N) is 1. The van der Waals surface area contributed by atoms with Crippen LogP contribution in [0.4, 0.5) is 0 Å². The van der Waals surface area contributed by atoms with Crippen LogP contribution in [0.5, 0.6) is 11.5 Å². The Morgan fingerprint density at radius 1 is 1.15 bits per heavy atom. The first-order valence-electron chi connectivity index (χ1n) is 6.67. The van der Waals surface area contributed by atoms with Gasteiger partial charge in [0.2, 0.25) is 0 Å². The Bertz CT molecular complexity index is 403. The number of esters is 1. The average molecular weight is 281 g/mol. The number of methoxy groups -OCH3 is 2. The molecule has 0 aliphatic carbocycles. The Morgan fingerprint density at radius 3 is 2.25 bits per heavy atom. The van der Waals surface area contributed by atoms with Gasteiger partial charge in [-0.25, -0.2) is 0 Å². The van der Waals surface area contributed by atoms with E-state index in [1.165, 1.54) is 7.11 Å². The van der Waals surface area contributed by atoms with E-state index in [1.807, 2.05) is 38.1 Å². The molecule has 1 unspecified atom stereocenters. The first kappa shape index (κ1) is 16.3. The zero-order chi connectivity index (χ0) is 15.0. The lowest BCUT2D eigenvalue weighted by Crippen LogP contribution is -2.42. The van der Waals surface area contributed by atoms with Crippen LogP contribution in [0.15, 0.2) is 24.3 Å². The number of carbonyl (C=O) groups is 1. The van der Waals surface area contributed by atoms with Gasteiger partial charge in [0.05, 0.1) is 20.8 Å². The van der Waals surface area contributed by atoms with Gasteiger partial charge in [0.15, 0.2) is 0 Å². The highest BCUT2D eigenvalue weighted by molar-refractivity contribution is 5.75. The fourth-order valence-corrected chi connectivity index (χ4v) is 1.78. The van der Waals surface area contributed by atoms with E-state index in [4.69, 9.17) is 14.2 Å². The van der Waals surface area contributed by atoms with E-state index in [9.17, 15) is 4.79 Å². The fraction of sp³-hybridized carbons (Fsp3) is 0.533. The Hall–Kier alpha value is -1.75. The third-order valence-electron chi connectivity index (χ3n) is 2.75. The summed E-state index contributed by atoms with van der Waals surface area (Å²) in [5.74, 6) is 1.27. The van der Waals surface area contributed by atoms with Gasteiger partial charge < -0.3 is 19.5 Å². The Kier molecular flexibility index (Phi) is 6.87. The molecule has 0 aliphatic rings. The molecule has 5 nitrogen and oxygen atoms in total. The summed E-state index contributed by atoms with van der Waals surface area (Å²) in [6, 6.07) is 7.20. The van der Waals surface area contributed by atoms with Gasteiger partial charge in [0.1, 0.15) is 17.5 Å². The van der Waals surface area contributed by atoms with Crippen molar-refractivity contribution in [2.45, 2.75) is 32.4 Å². The van der Waals surface area contributed by atoms with Crippen molar-refractivity contribution in [2.75, 3.05) is 20.8 Å². The molecule has 0 fully saturated rings. The summed E-state index contributed by atoms with van der Waals surface area (Å²) in [6.07, 6.45) is 0.552. The summed E-state index contributed by atoms with van der Waals surface area (Å²) in [6.45, 7) is 4.41. The van der Waals surface area contributed by atoms with Crippen molar-refractivity contribution in [1.82, 2.24) is 5.32 Å². The number of carbonyl (C=O) groups excluding carboxylic acids is 1. The standard InChI is InChI=1S/C15H23NO4/c1-11(2)16-14(15(17)19-4)9-10-20-13-7-5-12(18-3)6-8-13/h5-8,11,14,16H,9-10H2,1-4H3. The van der Waals surface area contributed by atoms with Crippen LogP contribution in [0, 0.1) is 0 Å². The summed E-state index contributed by atoms with van der Waals surface area (Å²) in [5.41, 5.74) is 0. The number of benzene rings is 1. The van der Waals surface area contributed by atoms with E-state index in [2.05, 4.69) is 5.32 Å². The minimum atomic E-state index is -0.349. The van der Waals surface area contributed by atoms with Gasteiger partial charge in [-0.1, -0.05) is 13.8 Å². The van der Waals surface area contributed by atoms with Crippen LogP contribution in [-0.2, 0) is 9.53 Å². The van der Waals surface area contributed by atoms with Gasteiger partial charge in [0, 0.05) is 12.5 Å². The van der Waals surface area contributed by atoms with Crippen molar-refractivity contribution in [2.24, 2.45) is 0 Å². The number of ether oxygens (including phenoxy) is 3. The molecule has 1 aromatic carbocycles. The van der Waals surface area contributed by atoms with Crippen molar-refractivity contribution < 1.29 is 19.0 Å². The predicted octanol–water partition coefficient (Wildman–Crippen LogP) is 2.00. The Balaban J connectivity index is 2.44. The zero-order valence-electron chi connectivity index (χ0n) is 12.5. The normalized spacial score (nSPS) is 12.1. The maximum Gasteiger partial charge on any atom is 0.322 e. The summed E-state index contributed by atoms with van der Waals surface area (Å²) >= 11 is 0. The SMILES string of the molecule is COC(=O)C(CCOc1ccc(OC)cc1)NC(C)C. The highest BCUT2D eigenvalue weighted by atomic mass is 16.5. The van der Waals surface area contributed by atoms with Gasteiger partial charge in [-0.15, -0.1) is 0 Å². The van der Waals surface area contributed by atoms with E-state index >= 15 is 0 Å². The van der Waals surface area contributed by atoms with Gasteiger partial charge in [0.25, 0.3) is 0 Å². The van der Waals surface area contributed by atoms with E-state index in [0.29, 0.717) is 13.0 Å². The average Bonchev–Trinajstić information content (AvgIpc) is 2.45. The van der Waals surface area contributed by atoms with Crippen LogP contribution < -0.4 is 14.8 Å². The van der Waals surface area contributed by atoms with Crippen molar-refractivity contribution in [1.29, 1.82) is 0 Å². The molecule has 1 rings (SSSR count). The van der Waals surface area contributed by atoms with Crippen LogP contribution >= 0.6 is 0 Å². The lowest BCUT2D eigenvalue weighted by atomic mass is 10.2. The molecule has 5 heteroatoms. The first-order valence-corrected chi connectivity index (χ1v) is 6.67. The van der Waals surface area contributed by atoms with Crippen LogP contribution in [-0.4, -0.2) is 38.9 Å². The smallest absolute Gasteiger partial charge is 0.322 e. The fourth-order valence-electron chi connectivity index (χ4n) is 1.78. The molecule has 0 aromatic heterocycles. The number of hydrogen-bond acceptors (Lipinski definition) is 5. The van der Waals surface area contributed by atoms with E-state index < -0.39 is 0 Å². The second-order valence-electron chi connectivity index (χ2n) is 4.71. The van der Waals surface area contributed by atoms with Gasteiger partial charge in [-0.3, -0.25) is 4.79 Å². The van der Waals surface area contributed by atoms with Gasteiger partial charge in [-0.05, 0) is 24.3 Å². The predicted molar refractivity (Wildman–Crippen MR) is 77.2 cm³/mol. The molecule has 1 N–H and O–H groups in total. The molecule has 0 heterocycles. The second kappa shape index (κ2) is 8.43. The quantitative estimate of drug-likeness (QED) is 0.739. The molecule has 0 saturated carbocycles. The topological polar surface area (TPSA) is 56.8 Å². The second-order valence-corrected chi connectivity index (χ2v) is 4.71. The summed E-state index contributed by atoms with van der Waals surface area (Å²) in [7, 11) is 3.01. The van der Waals surface area contributed by atoms with E-state index in [1.54, 1.807) is 7.11 Å². The minimum Gasteiger partial charge on any atom is -0.497 e. The Labute approximate surface area is 120 Å². The van der Waals surface area contributed by atoms with E-state index in [-0.39, 0.29) is 18.1 Å². The van der Waals surface area contributed by atoms with Crippen LogP contribution in [0.25, 0.3) is 0 Å². The van der Waals surface area contributed by atoms with Crippen LogP contribution in [0.1, 0.15) is 20.3 Å². The molecule has 1 aromatic rings. The Morgan fingerprint density at radius 2 is 1.75 bits per heavy atom. The molecule has 0 spiro atoms. The molecule has 0 bridgehead atoms. The molecule has 0 saturated heterocycles. The summed E-state index contributed by atoms with van der Waals surface area (Å²) < 4.78 is 15.5. The molecule has 1 atom stereocenters. The molecule has 0 aliphatic heterocycles. The third kappa shape index (κ3) is 5.48. The van der Waals surface area contributed by atoms with E-state index in [0.717, 1.165) is 11.5 Å². The molecule has 20 heavy (non-hydrogen) atoms. The lowest BCUT2D eigenvalue weighted by molar-refractivity contribution is -0.143. The summed E-state index contributed by atoms with van der Waals surface area (Å²) in [4.78, 5) is 11.6. The van der Waals surface area contributed by atoms with Crippen molar-refractivity contribution in [3.05, 3.63) is 24.3 Å². The molecular weight excluding hydrogens is 258 g/mol. The number of hydrogen-bond donors (Lipinski definition) is 1. The molecular formula is C15H23NO4. The number of rotatable bonds is 8. The highest BCUT2D eigenvalue weighted by Gasteiger charge is 2.19. The molecule has 0 radical (unpaired) electrons. The summed E-state index contributed by atoms with van der Waals surface area (Å²) in [5, 5.41) is 3.16. The lowest BCUT2D eigenvalue weighted by Gasteiger charge is -2.19. The maximum absolute atomic E-state index is 11.6. The van der Waals surface area contributed by atoms with Crippen LogP contribution in [0.2, 0.25) is 0 Å². The van der Waals surface area contributed by atoms with Gasteiger partial charge in [-0.2, -0.15) is 0 Å². The largest absolute Gasteiger partial charge is 0.497 e. The van der Waals surface area contributed by atoms with Crippen molar-refractivity contribution in [3.63, 3.8) is 0 Å². The van der Waals surface area contributed by atoms with Crippen LogP contribution in [0.3, 0.4) is 0 Å². The third-order valence-corrected chi connectivity index (χ3v) is 2.75. The highest BCUT2D eigenvalue weighted by Crippen LogP contribution is 2.17. The minimum absolute atomic E-state index is 0.208. The van der Waals surface area contributed by atoms with Gasteiger partial charge >= 0.3 is 5.97 Å². The van der Waals surface area contributed by atoms with Crippen molar-refractivity contribution >= 4 is 5.97 Å². The van der Waals surface area contributed by atoms with Crippen molar-refractivity contribution in [3.8, 4) is 11.5 Å². The first-order chi connectivity index (χ1) is 9.56. The monoisotopic (exact) mass is 281 g/mol. The zero-order valence-corrected chi connectivity index (χ0v) is 12.5. The molecule has 112 valence electrons. The maximum atomic E-state index is 11.6. The molecule has 0 amide bonds.